The molecule has 0 saturated heterocycles. The van der Waals surface area contributed by atoms with Crippen LogP contribution in [-0.2, 0) is 6.54 Å². The highest BCUT2D eigenvalue weighted by Gasteiger charge is 2.26. The average molecular weight is 349 g/mol. The van der Waals surface area contributed by atoms with Crippen molar-refractivity contribution in [2.75, 3.05) is 33.9 Å². The zero-order valence-corrected chi connectivity index (χ0v) is 15.4. The lowest BCUT2D eigenvalue weighted by atomic mass is 10.1. The van der Waals surface area contributed by atoms with Crippen LogP contribution in [0.4, 0.5) is 5.69 Å². The Bertz CT molecular complexity index is 767. The molecule has 0 radical (unpaired) electrons. The zero-order chi connectivity index (χ0) is 18.6. The van der Waals surface area contributed by atoms with E-state index in [4.69, 9.17) is 9.47 Å². The minimum atomic E-state index is -0.403. The molecule has 0 N–H and O–H groups in total. The molecule has 136 valence electrons. The molecular formula is C17H25N4O4+. The molecule has 0 aliphatic heterocycles. The molecule has 0 atom stereocenters. The Morgan fingerprint density at radius 1 is 1.04 bits per heavy atom. The second kappa shape index (κ2) is 7.60. The quantitative estimate of drug-likeness (QED) is 0.414. The number of fused-ring (bicyclic) bond motifs is 1. The molecule has 0 unspecified atom stereocenters. The molecule has 0 bridgehead atoms. The summed E-state index contributed by atoms with van der Waals surface area (Å²) in [7, 11) is 2.96. The smallest absolute Gasteiger partial charge is 0.278 e. The molecule has 0 fully saturated rings. The van der Waals surface area contributed by atoms with Crippen LogP contribution < -0.4 is 9.47 Å². The van der Waals surface area contributed by atoms with Crippen molar-refractivity contribution in [1.29, 1.82) is 0 Å². The van der Waals surface area contributed by atoms with Gasteiger partial charge in [-0.25, -0.2) is 9.97 Å². The normalized spacial score (nSPS) is 11.6. The van der Waals surface area contributed by atoms with Gasteiger partial charge in [0.1, 0.15) is 17.6 Å². The number of ether oxygens (including phenoxy) is 2. The summed E-state index contributed by atoms with van der Waals surface area (Å²) in [4.78, 5) is 19.8. The van der Waals surface area contributed by atoms with Crippen LogP contribution in [0.15, 0.2) is 12.1 Å². The Hall–Kier alpha value is -2.48. The van der Waals surface area contributed by atoms with Gasteiger partial charge in [-0.2, -0.15) is 0 Å². The first-order chi connectivity index (χ1) is 11.9. The number of hydrogen-bond donors (Lipinski definition) is 0. The number of nitro benzene ring substituents is 1. The van der Waals surface area contributed by atoms with Gasteiger partial charge in [0.15, 0.2) is 0 Å². The van der Waals surface area contributed by atoms with E-state index in [-0.39, 0.29) is 17.4 Å². The molecule has 2 aromatic rings. The number of benzene rings is 1. The summed E-state index contributed by atoms with van der Waals surface area (Å²) in [5.41, 5.74) is 1.85. The lowest BCUT2D eigenvalue weighted by molar-refractivity contribution is -0.936. The monoisotopic (exact) mass is 349 g/mol. The molecule has 0 aliphatic rings. The van der Waals surface area contributed by atoms with Crippen molar-refractivity contribution in [1.82, 2.24) is 9.97 Å². The van der Waals surface area contributed by atoms with Gasteiger partial charge in [0.05, 0.1) is 38.8 Å². The molecule has 0 saturated carbocycles. The van der Waals surface area contributed by atoms with Crippen molar-refractivity contribution in [2.45, 2.75) is 27.3 Å². The first-order valence-electron chi connectivity index (χ1n) is 8.35. The van der Waals surface area contributed by atoms with Crippen LogP contribution in [0.3, 0.4) is 0 Å². The molecule has 8 heteroatoms. The van der Waals surface area contributed by atoms with E-state index in [0.717, 1.165) is 29.7 Å². The topological polar surface area (TPSA) is 87.4 Å². The van der Waals surface area contributed by atoms with Crippen LogP contribution in [0, 0.1) is 10.1 Å². The van der Waals surface area contributed by atoms with E-state index in [1.807, 2.05) is 0 Å². The van der Waals surface area contributed by atoms with E-state index in [1.165, 1.54) is 20.3 Å². The summed E-state index contributed by atoms with van der Waals surface area (Å²) >= 11 is 0. The first kappa shape index (κ1) is 18.9. The number of methoxy groups -OCH3 is 2. The highest BCUT2D eigenvalue weighted by molar-refractivity contribution is 5.82. The minimum Gasteiger partial charge on any atom is -0.477 e. The minimum absolute atomic E-state index is 0.00503. The van der Waals surface area contributed by atoms with E-state index in [1.54, 1.807) is 6.07 Å². The van der Waals surface area contributed by atoms with Gasteiger partial charge in [0.25, 0.3) is 17.4 Å². The van der Waals surface area contributed by atoms with Crippen molar-refractivity contribution in [3.05, 3.63) is 27.8 Å². The third kappa shape index (κ3) is 3.63. The van der Waals surface area contributed by atoms with Gasteiger partial charge in [-0.1, -0.05) is 0 Å². The van der Waals surface area contributed by atoms with Crippen molar-refractivity contribution in [2.24, 2.45) is 0 Å². The fraction of sp³-hybridized carbons (Fsp3) is 0.529. The molecule has 8 nitrogen and oxygen atoms in total. The Kier molecular flexibility index (Phi) is 5.73. The highest BCUT2D eigenvalue weighted by Crippen LogP contribution is 2.31. The number of nitrogens with zero attached hydrogens (tertiary/aromatic N) is 4. The van der Waals surface area contributed by atoms with E-state index in [9.17, 15) is 10.1 Å². The van der Waals surface area contributed by atoms with Gasteiger partial charge in [0, 0.05) is 17.7 Å². The second-order valence-corrected chi connectivity index (χ2v) is 5.92. The van der Waals surface area contributed by atoms with E-state index < -0.39 is 4.92 Å². The summed E-state index contributed by atoms with van der Waals surface area (Å²) in [6.45, 7) is 9.81. The molecular weight excluding hydrogens is 324 g/mol. The van der Waals surface area contributed by atoms with Crippen molar-refractivity contribution in [3.8, 4) is 11.8 Å². The maximum Gasteiger partial charge on any atom is 0.278 e. The van der Waals surface area contributed by atoms with Crippen molar-refractivity contribution >= 4 is 16.7 Å². The Balaban J connectivity index is 2.73. The third-order valence-electron chi connectivity index (χ3n) is 4.89. The van der Waals surface area contributed by atoms with Crippen LogP contribution in [0.5, 0.6) is 11.8 Å². The maximum absolute atomic E-state index is 11.3. The van der Waals surface area contributed by atoms with Gasteiger partial charge in [-0.15, -0.1) is 0 Å². The van der Waals surface area contributed by atoms with Gasteiger partial charge >= 0.3 is 0 Å². The third-order valence-corrected chi connectivity index (χ3v) is 4.89. The second-order valence-electron chi connectivity index (χ2n) is 5.92. The van der Waals surface area contributed by atoms with E-state index in [0.29, 0.717) is 17.6 Å². The van der Waals surface area contributed by atoms with Crippen molar-refractivity contribution < 1.29 is 18.9 Å². The van der Waals surface area contributed by atoms with Gasteiger partial charge in [-0.3, -0.25) is 10.1 Å². The molecule has 0 aliphatic carbocycles. The Labute approximate surface area is 147 Å². The summed E-state index contributed by atoms with van der Waals surface area (Å²) in [5.74, 6) is 0.483. The lowest BCUT2D eigenvalue weighted by Gasteiger charge is -2.36. The Morgan fingerprint density at radius 3 is 2.08 bits per heavy atom. The van der Waals surface area contributed by atoms with Crippen LogP contribution in [0.25, 0.3) is 11.0 Å². The zero-order valence-electron chi connectivity index (χ0n) is 15.4. The van der Waals surface area contributed by atoms with Crippen LogP contribution in [-0.4, -0.2) is 53.2 Å². The number of aromatic nitrogens is 2. The van der Waals surface area contributed by atoms with Crippen molar-refractivity contribution in [3.63, 3.8) is 0 Å². The largest absolute Gasteiger partial charge is 0.477 e. The van der Waals surface area contributed by atoms with Crippen LogP contribution in [0.1, 0.15) is 26.3 Å². The molecule has 1 heterocycles. The number of hydrogen-bond acceptors (Lipinski definition) is 6. The summed E-state index contributed by atoms with van der Waals surface area (Å²) in [6, 6.07) is 3.02. The van der Waals surface area contributed by atoms with Crippen LogP contribution >= 0.6 is 0 Å². The molecule has 1 aromatic heterocycles. The predicted octanol–water partition coefficient (Wildman–Crippen LogP) is 2.93. The van der Waals surface area contributed by atoms with Gasteiger partial charge < -0.3 is 14.0 Å². The molecule has 1 aromatic carbocycles. The first-order valence-corrected chi connectivity index (χ1v) is 8.35. The molecule has 0 amide bonds. The molecule has 0 spiro atoms. The summed E-state index contributed by atoms with van der Waals surface area (Å²) in [6.07, 6.45) is 0. The lowest BCUT2D eigenvalue weighted by Crippen LogP contribution is -2.46. The summed E-state index contributed by atoms with van der Waals surface area (Å²) in [5, 5.41) is 11.3. The number of nitro groups is 1. The molecule has 25 heavy (non-hydrogen) atoms. The standard InChI is InChI=1S/C17H25N4O4/c1-6-21(7-2,8-3)11-12-9-13(20(22)23)10-14-15(12)19-17(25-5)16(18-14)24-4/h9-10H,6-8,11H2,1-5H3/q+1. The van der Waals surface area contributed by atoms with Crippen LogP contribution in [0.2, 0.25) is 0 Å². The summed E-state index contributed by atoms with van der Waals surface area (Å²) < 4.78 is 11.2. The SMILES string of the molecule is CC[N+](CC)(CC)Cc1cc([N+](=O)[O-])cc2nc(OC)c(OC)nc12. The fourth-order valence-corrected chi connectivity index (χ4v) is 3.04. The predicted molar refractivity (Wildman–Crippen MR) is 94.9 cm³/mol. The number of rotatable bonds is 8. The van der Waals surface area contributed by atoms with Gasteiger partial charge in [-0.05, 0) is 20.8 Å². The Morgan fingerprint density at radius 2 is 1.60 bits per heavy atom. The maximum atomic E-state index is 11.3. The number of quaternary nitrogens is 1. The van der Waals surface area contributed by atoms with E-state index >= 15 is 0 Å². The average Bonchev–Trinajstić information content (AvgIpc) is 2.64. The highest BCUT2D eigenvalue weighted by atomic mass is 16.6. The number of non-ortho nitro benzene ring substituents is 1. The van der Waals surface area contributed by atoms with Gasteiger partial charge in [0.2, 0.25) is 0 Å². The molecule has 2 rings (SSSR count). The van der Waals surface area contributed by atoms with E-state index in [2.05, 4.69) is 30.7 Å². The fourth-order valence-electron chi connectivity index (χ4n) is 3.04.